The second-order valence-electron chi connectivity index (χ2n) is 5.72. The van der Waals surface area contributed by atoms with Crippen LogP contribution in [0.4, 0.5) is 0 Å². The molecule has 1 aromatic heterocycles. The van der Waals surface area contributed by atoms with Crippen molar-refractivity contribution in [2.24, 2.45) is 5.92 Å². The highest BCUT2D eigenvalue weighted by atomic mass is 32.2. The highest BCUT2D eigenvalue weighted by Crippen LogP contribution is 2.27. The molecule has 0 radical (unpaired) electrons. The summed E-state index contributed by atoms with van der Waals surface area (Å²) in [4.78, 5) is 11.0. The summed E-state index contributed by atoms with van der Waals surface area (Å²) in [5, 5.41) is 9.18. The Morgan fingerprint density at radius 1 is 1.19 bits per heavy atom. The smallest absolute Gasteiger partial charge is 0.340 e. The SMILES string of the molecule is Cc1oc(C)c(S(=O)(=O)NC(C)CCC(C)C)c1C(=O)O. The van der Waals surface area contributed by atoms with Crippen molar-refractivity contribution in [3.05, 3.63) is 17.1 Å². The van der Waals surface area contributed by atoms with Crippen molar-refractivity contribution in [2.45, 2.75) is 58.4 Å². The van der Waals surface area contributed by atoms with Gasteiger partial charge in [-0.05, 0) is 39.5 Å². The number of sulfonamides is 1. The van der Waals surface area contributed by atoms with E-state index in [1.165, 1.54) is 13.8 Å². The van der Waals surface area contributed by atoms with Gasteiger partial charge in [-0.2, -0.15) is 0 Å². The van der Waals surface area contributed by atoms with E-state index < -0.39 is 16.0 Å². The molecule has 1 aromatic rings. The number of carboxylic acids is 1. The first-order valence-electron chi connectivity index (χ1n) is 6.91. The van der Waals surface area contributed by atoms with E-state index in [1.54, 1.807) is 6.92 Å². The second-order valence-corrected chi connectivity index (χ2v) is 7.37. The summed E-state index contributed by atoms with van der Waals surface area (Å²) in [6.07, 6.45) is 1.58. The Labute approximate surface area is 125 Å². The third-order valence-electron chi connectivity index (χ3n) is 3.22. The Balaban J connectivity index is 3.06. The van der Waals surface area contributed by atoms with E-state index in [1.807, 2.05) is 0 Å². The van der Waals surface area contributed by atoms with E-state index in [4.69, 9.17) is 4.42 Å². The quantitative estimate of drug-likeness (QED) is 0.806. The molecule has 0 aliphatic carbocycles. The van der Waals surface area contributed by atoms with Gasteiger partial charge in [0, 0.05) is 6.04 Å². The van der Waals surface area contributed by atoms with Crippen molar-refractivity contribution in [3.8, 4) is 0 Å². The minimum atomic E-state index is -3.92. The molecule has 1 rings (SSSR count). The zero-order chi connectivity index (χ0) is 16.4. The molecule has 7 heteroatoms. The van der Waals surface area contributed by atoms with Crippen LogP contribution in [0.3, 0.4) is 0 Å². The number of hydrogen-bond donors (Lipinski definition) is 2. The first-order valence-corrected chi connectivity index (χ1v) is 8.40. The van der Waals surface area contributed by atoms with E-state index in [0.717, 1.165) is 6.42 Å². The normalized spacial score (nSPS) is 13.6. The zero-order valence-electron chi connectivity index (χ0n) is 13.1. The number of hydrogen-bond acceptors (Lipinski definition) is 4. The predicted octanol–water partition coefficient (Wildman–Crippen LogP) is 2.70. The molecule has 6 nitrogen and oxygen atoms in total. The van der Waals surface area contributed by atoms with Gasteiger partial charge in [-0.3, -0.25) is 0 Å². The van der Waals surface area contributed by atoms with Gasteiger partial charge in [0.1, 0.15) is 22.0 Å². The predicted molar refractivity (Wildman–Crippen MR) is 79.0 cm³/mol. The molecule has 1 unspecified atom stereocenters. The largest absolute Gasteiger partial charge is 0.478 e. The topological polar surface area (TPSA) is 96.6 Å². The molecular weight excluding hydrogens is 294 g/mol. The number of carboxylic acid groups (broad SMARTS) is 1. The molecule has 2 N–H and O–H groups in total. The van der Waals surface area contributed by atoms with Gasteiger partial charge < -0.3 is 9.52 Å². The van der Waals surface area contributed by atoms with Gasteiger partial charge >= 0.3 is 5.97 Å². The maximum absolute atomic E-state index is 12.4. The lowest BCUT2D eigenvalue weighted by Crippen LogP contribution is -2.33. The molecule has 0 spiro atoms. The molecule has 21 heavy (non-hydrogen) atoms. The van der Waals surface area contributed by atoms with Gasteiger partial charge in [-0.25, -0.2) is 17.9 Å². The van der Waals surface area contributed by atoms with Crippen LogP contribution in [0.5, 0.6) is 0 Å². The van der Waals surface area contributed by atoms with E-state index in [0.29, 0.717) is 12.3 Å². The molecule has 120 valence electrons. The zero-order valence-corrected chi connectivity index (χ0v) is 13.9. The Kier molecular flexibility index (Phi) is 5.58. The van der Waals surface area contributed by atoms with Crippen LogP contribution in [-0.4, -0.2) is 25.5 Å². The Hall–Kier alpha value is -1.34. The fraction of sp³-hybridized carbons (Fsp3) is 0.643. The van der Waals surface area contributed by atoms with Gasteiger partial charge in [0.05, 0.1) is 0 Å². The summed E-state index contributed by atoms with van der Waals surface area (Å²) in [5.74, 6) is -0.646. The van der Waals surface area contributed by atoms with Gasteiger partial charge in [-0.15, -0.1) is 0 Å². The first-order chi connectivity index (χ1) is 9.56. The van der Waals surface area contributed by atoms with Crippen LogP contribution in [0.25, 0.3) is 0 Å². The Bertz CT molecular complexity index is 616. The first kappa shape index (κ1) is 17.7. The van der Waals surface area contributed by atoms with Crippen LogP contribution in [0.15, 0.2) is 9.31 Å². The van der Waals surface area contributed by atoms with Crippen molar-refractivity contribution in [3.63, 3.8) is 0 Å². The van der Waals surface area contributed by atoms with E-state index >= 15 is 0 Å². The van der Waals surface area contributed by atoms with E-state index in [-0.39, 0.29) is 28.0 Å². The number of furan rings is 1. The number of carbonyl (C=O) groups is 1. The van der Waals surface area contributed by atoms with Gasteiger partial charge in [0.25, 0.3) is 0 Å². The van der Waals surface area contributed by atoms with Crippen LogP contribution in [0.1, 0.15) is 55.5 Å². The molecule has 1 atom stereocenters. The number of rotatable bonds is 7. The van der Waals surface area contributed by atoms with Crippen molar-refractivity contribution in [2.75, 3.05) is 0 Å². The van der Waals surface area contributed by atoms with Crippen LogP contribution >= 0.6 is 0 Å². The maximum Gasteiger partial charge on any atom is 0.340 e. The summed E-state index contributed by atoms with van der Waals surface area (Å²) >= 11 is 0. The average Bonchev–Trinajstić information content (AvgIpc) is 2.61. The summed E-state index contributed by atoms with van der Waals surface area (Å²) in [6, 6.07) is -0.270. The van der Waals surface area contributed by atoms with Crippen LogP contribution in [-0.2, 0) is 10.0 Å². The number of nitrogens with one attached hydrogen (secondary N) is 1. The van der Waals surface area contributed by atoms with Crippen LogP contribution in [0.2, 0.25) is 0 Å². The molecule has 0 aliphatic heterocycles. The minimum absolute atomic E-state index is 0.0912. The molecule has 0 bridgehead atoms. The van der Waals surface area contributed by atoms with Crippen molar-refractivity contribution >= 4 is 16.0 Å². The monoisotopic (exact) mass is 317 g/mol. The summed E-state index contributed by atoms with van der Waals surface area (Å²) in [7, 11) is -3.92. The van der Waals surface area contributed by atoms with Gasteiger partial charge in [0.15, 0.2) is 0 Å². The molecule has 1 heterocycles. The summed E-state index contributed by atoms with van der Waals surface area (Å²) in [5.41, 5.74) is -0.295. The Morgan fingerprint density at radius 3 is 2.24 bits per heavy atom. The lowest BCUT2D eigenvalue weighted by molar-refractivity contribution is 0.0691. The van der Waals surface area contributed by atoms with E-state index in [9.17, 15) is 18.3 Å². The number of aryl methyl sites for hydroxylation is 2. The third-order valence-corrected chi connectivity index (χ3v) is 4.96. The van der Waals surface area contributed by atoms with Crippen LogP contribution < -0.4 is 4.72 Å². The molecular formula is C14H23NO5S. The molecule has 0 saturated carbocycles. The van der Waals surface area contributed by atoms with E-state index in [2.05, 4.69) is 18.6 Å². The average molecular weight is 317 g/mol. The molecule has 0 fully saturated rings. The van der Waals surface area contributed by atoms with Crippen molar-refractivity contribution in [1.29, 1.82) is 0 Å². The molecule has 0 amide bonds. The third kappa shape index (κ3) is 4.31. The van der Waals surface area contributed by atoms with Crippen molar-refractivity contribution in [1.82, 2.24) is 4.72 Å². The van der Waals surface area contributed by atoms with Gasteiger partial charge in [0.2, 0.25) is 10.0 Å². The highest BCUT2D eigenvalue weighted by molar-refractivity contribution is 7.89. The maximum atomic E-state index is 12.4. The van der Waals surface area contributed by atoms with Crippen molar-refractivity contribution < 1.29 is 22.7 Å². The van der Waals surface area contributed by atoms with Gasteiger partial charge in [-0.1, -0.05) is 13.8 Å². The number of aromatic carboxylic acids is 1. The standard InChI is InChI=1S/C14H23NO5S/c1-8(2)6-7-9(3)15-21(18,19)13-11(5)20-10(4)12(13)14(16)17/h8-9,15H,6-7H2,1-5H3,(H,16,17). The van der Waals surface area contributed by atoms with Crippen LogP contribution in [0, 0.1) is 19.8 Å². The lowest BCUT2D eigenvalue weighted by Gasteiger charge is -2.15. The summed E-state index contributed by atoms with van der Waals surface area (Å²) in [6.45, 7) is 8.79. The summed E-state index contributed by atoms with van der Waals surface area (Å²) < 4.78 is 32.5. The minimum Gasteiger partial charge on any atom is -0.478 e. The second kappa shape index (κ2) is 6.62. The highest BCUT2D eigenvalue weighted by Gasteiger charge is 2.31. The molecule has 0 aromatic carbocycles. The fourth-order valence-electron chi connectivity index (χ4n) is 2.20. The lowest BCUT2D eigenvalue weighted by atomic mass is 10.1. The Morgan fingerprint density at radius 2 is 1.76 bits per heavy atom. The fourth-order valence-corrected chi connectivity index (χ4v) is 3.89. The molecule has 0 saturated heterocycles. The molecule has 0 aliphatic rings.